The van der Waals surface area contributed by atoms with Gasteiger partial charge < -0.3 is 14.2 Å². The molecule has 154 valence electrons. The van der Waals surface area contributed by atoms with Crippen molar-refractivity contribution in [2.24, 2.45) is 0 Å². The van der Waals surface area contributed by atoms with Gasteiger partial charge in [0.15, 0.2) is 11.5 Å². The van der Waals surface area contributed by atoms with Crippen LogP contribution in [-0.2, 0) is 10.0 Å². The number of hydrogen-bond donors (Lipinski definition) is 1. The molecule has 1 heterocycles. The highest BCUT2D eigenvalue weighted by molar-refractivity contribution is 7.89. The van der Waals surface area contributed by atoms with Crippen LogP contribution in [0.5, 0.6) is 17.2 Å². The number of nitrogens with zero attached hydrogens (tertiary/aromatic N) is 2. The van der Waals surface area contributed by atoms with Gasteiger partial charge in [0.05, 0.1) is 14.7 Å². The summed E-state index contributed by atoms with van der Waals surface area (Å²) >= 11 is 0. The summed E-state index contributed by atoms with van der Waals surface area (Å²) in [6, 6.07) is 6.41. The molecule has 0 amide bonds. The normalized spacial score (nSPS) is 12.6. The Morgan fingerprint density at radius 2 is 1.69 bits per heavy atom. The van der Waals surface area contributed by atoms with Gasteiger partial charge in [0, 0.05) is 24.7 Å². The Balaban J connectivity index is 1.69. The van der Waals surface area contributed by atoms with Crippen molar-refractivity contribution in [1.82, 2.24) is 4.72 Å². The van der Waals surface area contributed by atoms with Crippen molar-refractivity contribution < 1.29 is 32.5 Å². The summed E-state index contributed by atoms with van der Waals surface area (Å²) in [5, 5.41) is 22.2. The SMILES string of the molecule is Cc1c([N+](=O)[O-])cc(S(=O)(=O)NCCOc2ccc3c(c2)OCO3)cc1[N+](=O)[O-]. The van der Waals surface area contributed by atoms with Crippen molar-refractivity contribution in [3.05, 3.63) is 56.1 Å². The number of benzene rings is 2. The molecule has 2 aromatic carbocycles. The molecule has 1 aliphatic heterocycles. The number of nitrogens with one attached hydrogen (secondary N) is 1. The van der Waals surface area contributed by atoms with Crippen molar-refractivity contribution in [3.8, 4) is 17.2 Å². The predicted octanol–water partition coefficient (Wildman–Crippen LogP) is 1.90. The largest absolute Gasteiger partial charge is 0.492 e. The summed E-state index contributed by atoms with van der Waals surface area (Å²) in [4.78, 5) is 19.9. The zero-order valence-corrected chi connectivity index (χ0v) is 15.8. The van der Waals surface area contributed by atoms with Gasteiger partial charge in [0.1, 0.15) is 17.9 Å². The number of nitro groups is 2. The van der Waals surface area contributed by atoms with E-state index in [1.54, 1.807) is 18.2 Å². The third-order valence-electron chi connectivity index (χ3n) is 4.04. The van der Waals surface area contributed by atoms with Gasteiger partial charge in [-0.2, -0.15) is 0 Å². The number of rotatable bonds is 8. The maximum Gasteiger partial charge on any atom is 0.280 e. The van der Waals surface area contributed by atoms with Crippen LogP contribution in [0.2, 0.25) is 0 Å². The molecule has 1 aliphatic rings. The Hall–Kier alpha value is -3.45. The molecule has 0 atom stereocenters. The minimum atomic E-state index is -4.24. The van der Waals surface area contributed by atoms with Gasteiger partial charge in [0.25, 0.3) is 11.4 Å². The number of ether oxygens (including phenoxy) is 3. The first-order valence-corrected chi connectivity index (χ1v) is 9.63. The summed E-state index contributed by atoms with van der Waals surface area (Å²) in [6.07, 6.45) is 0. The fourth-order valence-corrected chi connectivity index (χ4v) is 3.64. The smallest absolute Gasteiger partial charge is 0.280 e. The van der Waals surface area contributed by atoms with E-state index in [4.69, 9.17) is 14.2 Å². The average Bonchev–Trinajstić information content (AvgIpc) is 3.12. The fourth-order valence-electron chi connectivity index (χ4n) is 2.59. The highest BCUT2D eigenvalue weighted by atomic mass is 32.2. The fraction of sp³-hybridized carbons (Fsp3) is 0.250. The molecule has 13 heteroatoms. The number of fused-ring (bicyclic) bond motifs is 1. The molecule has 12 nitrogen and oxygen atoms in total. The van der Waals surface area contributed by atoms with Crippen LogP contribution in [0.4, 0.5) is 11.4 Å². The lowest BCUT2D eigenvalue weighted by atomic mass is 10.1. The van der Waals surface area contributed by atoms with Crippen LogP contribution in [-0.4, -0.2) is 38.2 Å². The van der Waals surface area contributed by atoms with Crippen LogP contribution >= 0.6 is 0 Å². The monoisotopic (exact) mass is 425 g/mol. The maximum absolute atomic E-state index is 12.4. The van der Waals surface area contributed by atoms with Crippen LogP contribution in [0.1, 0.15) is 5.56 Å². The second-order valence-electron chi connectivity index (χ2n) is 5.86. The van der Waals surface area contributed by atoms with E-state index in [0.717, 1.165) is 12.1 Å². The Bertz CT molecular complexity index is 1050. The highest BCUT2D eigenvalue weighted by Crippen LogP contribution is 2.35. The van der Waals surface area contributed by atoms with E-state index in [2.05, 4.69) is 4.72 Å². The van der Waals surface area contributed by atoms with Crippen LogP contribution < -0.4 is 18.9 Å². The summed E-state index contributed by atoms with van der Waals surface area (Å²) < 4.78 is 42.8. The van der Waals surface area contributed by atoms with Crippen molar-refractivity contribution in [3.63, 3.8) is 0 Å². The molecule has 2 aromatic rings. The first-order chi connectivity index (χ1) is 13.7. The molecule has 0 aromatic heterocycles. The van der Waals surface area contributed by atoms with Gasteiger partial charge in [-0.05, 0) is 19.1 Å². The van der Waals surface area contributed by atoms with Crippen LogP contribution in [0.25, 0.3) is 0 Å². The summed E-state index contributed by atoms with van der Waals surface area (Å²) in [6.45, 7) is 1.05. The van der Waals surface area contributed by atoms with Gasteiger partial charge in [-0.1, -0.05) is 0 Å². The van der Waals surface area contributed by atoms with Gasteiger partial charge in [0.2, 0.25) is 16.8 Å². The van der Waals surface area contributed by atoms with Crippen LogP contribution in [0.3, 0.4) is 0 Å². The van der Waals surface area contributed by atoms with Crippen LogP contribution in [0, 0.1) is 27.2 Å². The van der Waals surface area contributed by atoms with E-state index >= 15 is 0 Å². The standard InChI is InChI=1S/C16H15N3O9S/c1-10-13(18(20)21)7-12(8-14(10)19(22)23)29(24,25)17-4-5-26-11-2-3-15-16(6-11)28-9-27-15/h2-3,6-8,17H,4-5,9H2,1H3. The van der Waals surface area contributed by atoms with Crippen LogP contribution in [0.15, 0.2) is 35.2 Å². The molecular formula is C16H15N3O9S. The average molecular weight is 425 g/mol. The third kappa shape index (κ3) is 4.35. The topological polar surface area (TPSA) is 160 Å². The van der Waals surface area contributed by atoms with E-state index in [-0.39, 0.29) is 25.5 Å². The Morgan fingerprint density at radius 3 is 2.31 bits per heavy atom. The summed E-state index contributed by atoms with van der Waals surface area (Å²) in [7, 11) is -4.24. The summed E-state index contributed by atoms with van der Waals surface area (Å²) in [5.41, 5.74) is -1.54. The Labute approximate surface area is 164 Å². The van der Waals surface area contributed by atoms with Gasteiger partial charge >= 0.3 is 0 Å². The molecular weight excluding hydrogens is 410 g/mol. The molecule has 0 saturated heterocycles. The molecule has 0 radical (unpaired) electrons. The lowest BCUT2D eigenvalue weighted by molar-refractivity contribution is -0.395. The van der Waals surface area contributed by atoms with Gasteiger partial charge in [-0.15, -0.1) is 0 Å². The maximum atomic E-state index is 12.4. The lowest BCUT2D eigenvalue weighted by Gasteiger charge is -2.10. The number of nitro benzene ring substituents is 2. The van der Waals surface area contributed by atoms with Crippen molar-refractivity contribution >= 4 is 21.4 Å². The molecule has 0 spiro atoms. The zero-order chi connectivity index (χ0) is 21.2. The molecule has 0 saturated carbocycles. The molecule has 29 heavy (non-hydrogen) atoms. The summed E-state index contributed by atoms with van der Waals surface area (Å²) in [5.74, 6) is 1.50. The first-order valence-electron chi connectivity index (χ1n) is 8.14. The Morgan fingerprint density at radius 1 is 1.07 bits per heavy atom. The van der Waals surface area contributed by atoms with Gasteiger partial charge in [-0.25, -0.2) is 13.1 Å². The number of sulfonamides is 1. The van der Waals surface area contributed by atoms with E-state index in [1.165, 1.54) is 6.92 Å². The lowest BCUT2D eigenvalue weighted by Crippen LogP contribution is -2.28. The molecule has 0 unspecified atom stereocenters. The molecule has 0 aliphatic carbocycles. The van der Waals surface area contributed by atoms with Gasteiger partial charge in [-0.3, -0.25) is 20.2 Å². The Kier molecular flexibility index (Phi) is 5.52. The molecule has 0 fully saturated rings. The van der Waals surface area contributed by atoms with E-state index in [9.17, 15) is 28.6 Å². The van der Waals surface area contributed by atoms with Crippen molar-refractivity contribution in [1.29, 1.82) is 0 Å². The second kappa shape index (κ2) is 7.89. The zero-order valence-electron chi connectivity index (χ0n) is 15.0. The second-order valence-corrected chi connectivity index (χ2v) is 7.63. The van der Waals surface area contributed by atoms with Crippen molar-refractivity contribution in [2.45, 2.75) is 11.8 Å². The quantitative estimate of drug-likeness (QED) is 0.378. The van der Waals surface area contributed by atoms with E-state index in [1.807, 2.05) is 0 Å². The number of hydrogen-bond acceptors (Lipinski definition) is 9. The molecule has 1 N–H and O–H groups in total. The van der Waals surface area contributed by atoms with E-state index in [0.29, 0.717) is 17.2 Å². The molecule has 0 bridgehead atoms. The molecule has 3 rings (SSSR count). The van der Waals surface area contributed by atoms with Crippen molar-refractivity contribution in [2.75, 3.05) is 19.9 Å². The highest BCUT2D eigenvalue weighted by Gasteiger charge is 2.27. The minimum Gasteiger partial charge on any atom is -0.492 e. The first kappa shape index (κ1) is 20.3. The minimum absolute atomic E-state index is 0.0606. The third-order valence-corrected chi connectivity index (χ3v) is 5.48. The van der Waals surface area contributed by atoms with E-state index < -0.39 is 36.1 Å². The predicted molar refractivity (Wildman–Crippen MR) is 97.7 cm³/mol.